The number of aliphatic imine (C=N–C) groups is 1. The van der Waals surface area contributed by atoms with E-state index in [0.29, 0.717) is 33.6 Å². The van der Waals surface area contributed by atoms with Crippen LogP contribution in [-0.4, -0.2) is 50.0 Å². The highest BCUT2D eigenvalue weighted by atomic mass is 16.2. The van der Waals surface area contributed by atoms with Gasteiger partial charge in [-0.15, -0.1) is 5.10 Å². The van der Waals surface area contributed by atoms with Crippen LogP contribution in [0.1, 0.15) is 31.8 Å². The number of hydrogen-bond acceptors (Lipinski definition) is 7. The molecule has 0 saturated heterocycles. The summed E-state index contributed by atoms with van der Waals surface area (Å²) in [5, 5.41) is 9.37. The topological polar surface area (TPSA) is 110 Å². The lowest BCUT2D eigenvalue weighted by atomic mass is 10.0. The van der Waals surface area contributed by atoms with Gasteiger partial charge < -0.3 is 0 Å². The molecule has 2 heterocycles. The van der Waals surface area contributed by atoms with Crippen LogP contribution in [0, 0.1) is 0 Å². The van der Waals surface area contributed by atoms with Crippen molar-refractivity contribution >= 4 is 40.5 Å². The summed E-state index contributed by atoms with van der Waals surface area (Å²) >= 11 is 0. The van der Waals surface area contributed by atoms with Crippen molar-refractivity contribution in [2.24, 2.45) is 4.99 Å². The van der Waals surface area contributed by atoms with E-state index in [1.54, 1.807) is 48.5 Å². The minimum Gasteiger partial charge on any atom is -0.289 e. The number of rotatable bonds is 7. The maximum atomic E-state index is 13.3. The Morgan fingerprint density at radius 3 is 2.20 bits per heavy atom. The summed E-state index contributed by atoms with van der Waals surface area (Å²) in [5.41, 5.74) is 6.57. The molecule has 0 aliphatic carbocycles. The number of amidine groups is 1. The molecule has 0 atom stereocenters. The van der Waals surface area contributed by atoms with Crippen LogP contribution in [0.15, 0.2) is 120 Å². The SMILES string of the molecule is O=C(c1ccccc1)c1ccc2c(c1)nnn2C(=O)CNN1C(=O)/C(=C\c2ccccc2)N=C1c1ccccc1. The maximum absolute atomic E-state index is 13.3. The summed E-state index contributed by atoms with van der Waals surface area (Å²) in [4.78, 5) is 43.9. The predicted octanol–water partition coefficient (Wildman–Crippen LogP) is 4.14. The first-order valence-electron chi connectivity index (χ1n) is 12.6. The van der Waals surface area contributed by atoms with E-state index in [2.05, 4.69) is 20.7 Å². The predicted molar refractivity (Wildman–Crippen MR) is 150 cm³/mol. The molecule has 194 valence electrons. The Hall–Kier alpha value is -5.54. The van der Waals surface area contributed by atoms with Crippen molar-refractivity contribution in [3.8, 4) is 0 Å². The molecule has 1 amide bonds. The third kappa shape index (κ3) is 4.84. The van der Waals surface area contributed by atoms with Crippen LogP contribution in [0.4, 0.5) is 0 Å². The molecular formula is C31H22N6O3. The standard InChI is InChI=1S/C31H22N6O3/c38-28(36-27-17-16-24(19-25(27)34-35-36)29(39)22-12-6-2-7-13-22)20-32-37-30(23-14-8-3-9-15-23)33-26(31(37)40)18-21-10-4-1-5-11-21/h1-19,32H,20H2/b26-18+. The number of benzene rings is 4. The number of nitrogens with zero attached hydrogens (tertiary/aromatic N) is 5. The zero-order valence-electron chi connectivity index (χ0n) is 21.1. The van der Waals surface area contributed by atoms with Gasteiger partial charge in [0.05, 0.1) is 12.1 Å². The monoisotopic (exact) mass is 526 g/mol. The smallest absolute Gasteiger partial charge is 0.289 e. The van der Waals surface area contributed by atoms with Crippen LogP contribution in [0.25, 0.3) is 17.1 Å². The number of ketones is 1. The summed E-state index contributed by atoms with van der Waals surface area (Å²) in [7, 11) is 0. The Bertz CT molecular complexity index is 1790. The van der Waals surface area contributed by atoms with E-state index in [1.807, 2.05) is 66.7 Å². The molecule has 0 saturated carbocycles. The van der Waals surface area contributed by atoms with Gasteiger partial charge in [0.1, 0.15) is 11.2 Å². The largest absolute Gasteiger partial charge is 0.292 e. The minimum atomic E-state index is -0.440. The van der Waals surface area contributed by atoms with E-state index in [0.717, 1.165) is 10.2 Å². The van der Waals surface area contributed by atoms with Gasteiger partial charge in [-0.1, -0.05) is 96.2 Å². The van der Waals surface area contributed by atoms with Crippen molar-refractivity contribution in [3.63, 3.8) is 0 Å². The molecule has 1 N–H and O–H groups in total. The second-order valence-electron chi connectivity index (χ2n) is 9.01. The van der Waals surface area contributed by atoms with Gasteiger partial charge in [-0.2, -0.15) is 4.68 Å². The normalized spacial score (nSPS) is 14.1. The van der Waals surface area contributed by atoms with Crippen molar-refractivity contribution in [2.45, 2.75) is 0 Å². The number of hydrogen-bond donors (Lipinski definition) is 1. The summed E-state index contributed by atoms with van der Waals surface area (Å²) in [6.07, 6.45) is 1.70. The van der Waals surface area contributed by atoms with Crippen LogP contribution in [0.5, 0.6) is 0 Å². The number of amides is 1. The lowest BCUT2D eigenvalue weighted by Gasteiger charge is -2.18. The van der Waals surface area contributed by atoms with Gasteiger partial charge in [0, 0.05) is 16.7 Å². The number of nitrogens with one attached hydrogen (secondary N) is 1. The second kappa shape index (κ2) is 10.7. The van der Waals surface area contributed by atoms with E-state index in [1.165, 1.54) is 5.01 Å². The Morgan fingerprint density at radius 2 is 1.48 bits per heavy atom. The summed E-state index contributed by atoms with van der Waals surface area (Å²) in [5.74, 6) is -0.592. The molecule has 40 heavy (non-hydrogen) atoms. The average Bonchev–Trinajstić information content (AvgIpc) is 3.57. The molecular weight excluding hydrogens is 504 g/mol. The number of aromatic nitrogens is 3. The highest BCUT2D eigenvalue weighted by molar-refractivity contribution is 6.19. The molecule has 6 rings (SSSR count). The fourth-order valence-corrected chi connectivity index (χ4v) is 4.38. The average molecular weight is 527 g/mol. The van der Waals surface area contributed by atoms with Crippen LogP contribution >= 0.6 is 0 Å². The first-order chi connectivity index (χ1) is 19.6. The fourth-order valence-electron chi connectivity index (χ4n) is 4.38. The van der Waals surface area contributed by atoms with Crippen molar-refractivity contribution in [3.05, 3.63) is 137 Å². The Morgan fingerprint density at radius 1 is 0.800 bits per heavy atom. The molecule has 9 heteroatoms. The second-order valence-corrected chi connectivity index (χ2v) is 9.01. The van der Waals surface area contributed by atoms with Gasteiger partial charge in [0.25, 0.3) is 11.8 Å². The molecule has 4 aromatic carbocycles. The Balaban J connectivity index is 1.23. The van der Waals surface area contributed by atoms with E-state index in [-0.39, 0.29) is 23.9 Å². The van der Waals surface area contributed by atoms with Crippen molar-refractivity contribution in [2.75, 3.05) is 6.54 Å². The molecule has 9 nitrogen and oxygen atoms in total. The third-order valence-corrected chi connectivity index (χ3v) is 6.36. The van der Waals surface area contributed by atoms with Crippen LogP contribution < -0.4 is 5.43 Å². The van der Waals surface area contributed by atoms with Gasteiger partial charge in [-0.3, -0.25) is 14.4 Å². The molecule has 1 aliphatic rings. The quantitative estimate of drug-likeness (QED) is 0.252. The number of fused-ring (bicyclic) bond motifs is 1. The molecule has 0 radical (unpaired) electrons. The third-order valence-electron chi connectivity index (χ3n) is 6.36. The van der Waals surface area contributed by atoms with Gasteiger partial charge >= 0.3 is 0 Å². The van der Waals surface area contributed by atoms with E-state index in [9.17, 15) is 14.4 Å². The molecule has 5 aromatic rings. The van der Waals surface area contributed by atoms with Crippen molar-refractivity contribution < 1.29 is 14.4 Å². The van der Waals surface area contributed by atoms with Gasteiger partial charge in [0.2, 0.25) is 0 Å². The lowest BCUT2D eigenvalue weighted by Crippen LogP contribution is -2.47. The summed E-state index contributed by atoms with van der Waals surface area (Å²) in [6, 6.07) is 32.5. The highest BCUT2D eigenvalue weighted by Gasteiger charge is 2.32. The summed E-state index contributed by atoms with van der Waals surface area (Å²) in [6.45, 7) is -0.251. The lowest BCUT2D eigenvalue weighted by molar-refractivity contribution is -0.124. The molecule has 0 fully saturated rings. The molecule has 0 bridgehead atoms. The van der Waals surface area contributed by atoms with E-state index in [4.69, 9.17) is 0 Å². The van der Waals surface area contributed by atoms with Crippen molar-refractivity contribution in [1.29, 1.82) is 0 Å². The first kappa shape index (κ1) is 24.8. The number of carbonyl (C=O) groups excluding carboxylic acids is 3. The number of hydrazine groups is 1. The van der Waals surface area contributed by atoms with Gasteiger partial charge in [-0.25, -0.2) is 15.4 Å². The van der Waals surface area contributed by atoms with Crippen molar-refractivity contribution in [1.82, 2.24) is 25.4 Å². The van der Waals surface area contributed by atoms with E-state index >= 15 is 0 Å². The Kier molecular flexibility index (Phi) is 6.61. The Labute approximate surface area is 229 Å². The van der Waals surface area contributed by atoms with Crippen LogP contribution in [0.2, 0.25) is 0 Å². The fraction of sp³-hybridized carbons (Fsp3) is 0.0323. The first-order valence-corrected chi connectivity index (χ1v) is 12.6. The molecule has 0 unspecified atom stereocenters. The zero-order valence-corrected chi connectivity index (χ0v) is 21.1. The summed E-state index contributed by atoms with van der Waals surface area (Å²) < 4.78 is 1.15. The van der Waals surface area contributed by atoms with E-state index < -0.39 is 5.91 Å². The highest BCUT2D eigenvalue weighted by Crippen LogP contribution is 2.21. The zero-order chi connectivity index (χ0) is 27.5. The molecule has 1 aliphatic heterocycles. The van der Waals surface area contributed by atoms with Gasteiger partial charge in [0.15, 0.2) is 11.6 Å². The molecule has 0 spiro atoms. The van der Waals surface area contributed by atoms with Crippen LogP contribution in [0.3, 0.4) is 0 Å². The van der Waals surface area contributed by atoms with Gasteiger partial charge in [-0.05, 0) is 29.8 Å². The minimum absolute atomic E-state index is 0.148. The van der Waals surface area contributed by atoms with Crippen LogP contribution in [-0.2, 0) is 4.79 Å². The number of carbonyl (C=O) groups is 3. The molecule has 1 aromatic heterocycles. The maximum Gasteiger partial charge on any atom is 0.292 e.